The zero-order chi connectivity index (χ0) is 22.5. The summed E-state index contributed by atoms with van der Waals surface area (Å²) in [6, 6.07) is 1.72. The molecule has 4 saturated carbocycles. The number of likely N-dealkylation sites (tertiary alicyclic amines) is 2. The van der Waals surface area contributed by atoms with Crippen molar-refractivity contribution in [3.63, 3.8) is 0 Å². The summed E-state index contributed by atoms with van der Waals surface area (Å²) in [5.41, 5.74) is -0.996. The van der Waals surface area contributed by atoms with Crippen LogP contribution in [0.2, 0.25) is 0 Å². The van der Waals surface area contributed by atoms with Gasteiger partial charge in [-0.2, -0.15) is 5.26 Å². The molecule has 32 heavy (non-hydrogen) atoms. The van der Waals surface area contributed by atoms with Gasteiger partial charge >= 0.3 is 0 Å². The summed E-state index contributed by atoms with van der Waals surface area (Å²) in [6.45, 7) is 1.56. The summed E-state index contributed by atoms with van der Waals surface area (Å²) in [5.74, 6) is 3.57. The van der Waals surface area contributed by atoms with Crippen molar-refractivity contribution in [2.45, 2.75) is 87.4 Å². The summed E-state index contributed by atoms with van der Waals surface area (Å²) in [6.07, 6.45) is 14.3. The molecule has 6 fully saturated rings. The van der Waals surface area contributed by atoms with Crippen LogP contribution in [0.5, 0.6) is 0 Å². The van der Waals surface area contributed by atoms with E-state index in [0.717, 1.165) is 51.4 Å². The first kappa shape index (κ1) is 21.7. The lowest BCUT2D eigenvalue weighted by Gasteiger charge is -2.63. The van der Waals surface area contributed by atoms with Gasteiger partial charge in [-0.25, -0.2) is 0 Å². The van der Waals surface area contributed by atoms with Gasteiger partial charge in [-0.1, -0.05) is 5.92 Å². The van der Waals surface area contributed by atoms with E-state index in [1.165, 1.54) is 0 Å². The van der Waals surface area contributed by atoms with Crippen LogP contribution >= 0.6 is 0 Å². The predicted octanol–water partition coefficient (Wildman–Crippen LogP) is 1.51. The van der Waals surface area contributed by atoms with Crippen LogP contribution in [0, 0.1) is 35.5 Å². The molecule has 172 valence electrons. The van der Waals surface area contributed by atoms with E-state index < -0.39 is 5.60 Å². The first-order chi connectivity index (χ1) is 15.3. The van der Waals surface area contributed by atoms with E-state index in [1.54, 1.807) is 9.80 Å². The number of amides is 2. The van der Waals surface area contributed by atoms with Crippen LogP contribution in [0.25, 0.3) is 0 Å². The van der Waals surface area contributed by atoms with Crippen molar-refractivity contribution in [3.8, 4) is 18.4 Å². The number of hydrogen-bond acceptors (Lipinski definition) is 5. The summed E-state index contributed by atoms with van der Waals surface area (Å²) in [5, 5.41) is 20.7. The fourth-order valence-electron chi connectivity index (χ4n) is 7.87. The largest absolute Gasteiger partial charge is 0.390 e. The maximum absolute atomic E-state index is 13.4. The van der Waals surface area contributed by atoms with E-state index >= 15 is 0 Å². The molecule has 2 aliphatic heterocycles. The molecule has 0 radical (unpaired) electrons. The lowest BCUT2D eigenvalue weighted by atomic mass is 9.50. The van der Waals surface area contributed by atoms with Crippen LogP contribution in [0.3, 0.4) is 0 Å². The first-order valence-corrected chi connectivity index (χ1v) is 12.3. The Hall–Kier alpha value is -2.09. The molecule has 6 rings (SSSR count). The van der Waals surface area contributed by atoms with Gasteiger partial charge in [-0.05, 0) is 76.0 Å². The molecule has 4 atom stereocenters. The van der Waals surface area contributed by atoms with E-state index in [-0.39, 0.29) is 42.5 Å². The quantitative estimate of drug-likeness (QED) is 0.658. The summed E-state index contributed by atoms with van der Waals surface area (Å²) >= 11 is 0. The van der Waals surface area contributed by atoms with Crippen molar-refractivity contribution in [2.75, 3.05) is 26.2 Å². The number of carbonyl (C=O) groups excluding carboxylic acids is 2. The van der Waals surface area contributed by atoms with E-state index in [2.05, 4.69) is 16.9 Å². The molecule has 6 aliphatic rings. The fraction of sp³-hybridized carbons (Fsp3) is 0.800. The Kier molecular flexibility index (Phi) is 5.47. The Morgan fingerprint density at radius 3 is 2.09 bits per heavy atom. The molecule has 2 amide bonds. The molecule has 4 bridgehead atoms. The van der Waals surface area contributed by atoms with Crippen LogP contribution in [0.15, 0.2) is 0 Å². The normalized spacial score (nSPS) is 40.0. The highest BCUT2D eigenvalue weighted by atomic mass is 16.3. The smallest absolute Gasteiger partial charge is 0.237 e. The van der Waals surface area contributed by atoms with E-state index in [1.807, 2.05) is 0 Å². The number of rotatable bonds is 5. The van der Waals surface area contributed by atoms with Crippen LogP contribution in [-0.4, -0.2) is 81.0 Å². The Morgan fingerprint density at radius 1 is 1.00 bits per heavy atom. The molecular weight excluding hydrogens is 404 g/mol. The summed E-state index contributed by atoms with van der Waals surface area (Å²) < 4.78 is 0. The molecule has 7 heteroatoms. The molecule has 7 nitrogen and oxygen atoms in total. The number of terminal acetylenes is 1. The average molecular weight is 439 g/mol. The third kappa shape index (κ3) is 3.70. The second kappa shape index (κ2) is 8.04. The molecule has 0 aromatic heterocycles. The number of carbonyl (C=O) groups is 2. The van der Waals surface area contributed by atoms with Crippen molar-refractivity contribution in [1.82, 2.24) is 14.7 Å². The number of nitriles is 1. The SMILES string of the molecule is C#C[C@@H]1CCCN1C(=O)CN(CC(=O)N1CCC[C@H]1C#N)C12CC3CC(CC(O)(C3)C1)C2. The van der Waals surface area contributed by atoms with Gasteiger partial charge in [0.25, 0.3) is 0 Å². The minimum atomic E-state index is -0.674. The highest BCUT2D eigenvalue weighted by Gasteiger charge is 2.59. The van der Waals surface area contributed by atoms with Gasteiger partial charge in [0.05, 0.1) is 30.8 Å². The molecule has 4 aliphatic carbocycles. The predicted molar refractivity (Wildman–Crippen MR) is 118 cm³/mol. The van der Waals surface area contributed by atoms with Crippen molar-refractivity contribution in [3.05, 3.63) is 0 Å². The van der Waals surface area contributed by atoms with Gasteiger partial charge in [0, 0.05) is 18.6 Å². The van der Waals surface area contributed by atoms with Gasteiger partial charge in [0.15, 0.2) is 0 Å². The molecular formula is C25H34N4O3. The first-order valence-electron chi connectivity index (χ1n) is 12.3. The maximum Gasteiger partial charge on any atom is 0.237 e. The molecule has 2 heterocycles. The number of hydrogen-bond donors (Lipinski definition) is 1. The van der Waals surface area contributed by atoms with Gasteiger partial charge in [-0.3, -0.25) is 14.5 Å². The zero-order valence-corrected chi connectivity index (χ0v) is 18.8. The molecule has 2 unspecified atom stereocenters. The minimum Gasteiger partial charge on any atom is -0.390 e. The zero-order valence-electron chi connectivity index (χ0n) is 18.8. The molecule has 2 saturated heterocycles. The second-order valence-corrected chi connectivity index (χ2v) is 11.1. The molecule has 0 aromatic carbocycles. The van der Waals surface area contributed by atoms with E-state index in [0.29, 0.717) is 37.8 Å². The third-order valence-electron chi connectivity index (χ3n) is 8.81. The monoisotopic (exact) mass is 438 g/mol. The average Bonchev–Trinajstić information content (AvgIpc) is 3.40. The van der Waals surface area contributed by atoms with Gasteiger partial charge in [0.1, 0.15) is 6.04 Å². The van der Waals surface area contributed by atoms with Crippen molar-refractivity contribution < 1.29 is 14.7 Å². The number of aliphatic hydroxyl groups is 1. The maximum atomic E-state index is 13.4. The Balaban J connectivity index is 1.40. The minimum absolute atomic E-state index is 0.0146. The lowest BCUT2D eigenvalue weighted by Crippen LogP contribution is -2.67. The number of nitrogens with zero attached hydrogens (tertiary/aromatic N) is 4. The molecule has 1 N–H and O–H groups in total. The van der Waals surface area contributed by atoms with Crippen molar-refractivity contribution in [2.24, 2.45) is 11.8 Å². The van der Waals surface area contributed by atoms with Crippen LogP contribution in [0.4, 0.5) is 0 Å². The second-order valence-electron chi connectivity index (χ2n) is 11.1. The standard InChI is InChI=1S/C25H34N4O3/c1-2-20-5-3-7-28(20)22(30)15-27(16-23(31)29-8-4-6-21(29)14-26)24-10-18-9-19(11-24)13-25(32,12-18)17-24/h1,18-21,32H,3-13,15-17H2/t18?,19?,20-,21+,24?,25?/m1/s1. The Labute approximate surface area is 190 Å². The molecule has 0 aromatic rings. The summed E-state index contributed by atoms with van der Waals surface area (Å²) in [7, 11) is 0. The van der Waals surface area contributed by atoms with Crippen LogP contribution in [0.1, 0.15) is 64.2 Å². The topological polar surface area (TPSA) is 87.9 Å². The van der Waals surface area contributed by atoms with Gasteiger partial charge in [0.2, 0.25) is 11.8 Å². The van der Waals surface area contributed by atoms with Gasteiger partial charge in [-0.15, -0.1) is 6.42 Å². The van der Waals surface area contributed by atoms with Gasteiger partial charge < -0.3 is 14.9 Å². The van der Waals surface area contributed by atoms with Crippen LogP contribution in [-0.2, 0) is 9.59 Å². The van der Waals surface area contributed by atoms with Crippen molar-refractivity contribution in [1.29, 1.82) is 5.26 Å². The Bertz CT molecular complexity index is 813. The molecule has 0 spiro atoms. The van der Waals surface area contributed by atoms with E-state index in [4.69, 9.17) is 6.42 Å². The third-order valence-corrected chi connectivity index (χ3v) is 8.81. The van der Waals surface area contributed by atoms with Crippen molar-refractivity contribution >= 4 is 11.8 Å². The Morgan fingerprint density at radius 2 is 1.56 bits per heavy atom. The van der Waals surface area contributed by atoms with Crippen LogP contribution < -0.4 is 0 Å². The summed E-state index contributed by atoms with van der Waals surface area (Å²) in [4.78, 5) is 32.3. The fourth-order valence-corrected chi connectivity index (χ4v) is 7.87. The van der Waals surface area contributed by atoms with E-state index in [9.17, 15) is 20.0 Å². The highest BCUT2D eigenvalue weighted by molar-refractivity contribution is 5.82. The lowest BCUT2D eigenvalue weighted by molar-refractivity contribution is -0.181. The highest BCUT2D eigenvalue weighted by Crippen LogP contribution is 2.59.